The van der Waals surface area contributed by atoms with E-state index in [0.717, 1.165) is 31.5 Å². The van der Waals surface area contributed by atoms with Gasteiger partial charge < -0.3 is 10.2 Å². The zero-order valence-electron chi connectivity index (χ0n) is 16.1. The molecule has 2 rings (SSSR count). The van der Waals surface area contributed by atoms with Gasteiger partial charge in [-0.1, -0.05) is 13.8 Å². The maximum absolute atomic E-state index is 12.5. The van der Waals surface area contributed by atoms with Crippen molar-refractivity contribution in [1.29, 1.82) is 0 Å². The fourth-order valence-electron chi connectivity index (χ4n) is 3.72. The van der Waals surface area contributed by atoms with E-state index in [2.05, 4.69) is 24.1 Å². The predicted molar refractivity (Wildman–Crippen MR) is 103 cm³/mol. The van der Waals surface area contributed by atoms with Crippen molar-refractivity contribution in [2.24, 2.45) is 11.8 Å². The minimum absolute atomic E-state index is 0.0307. The predicted octanol–water partition coefficient (Wildman–Crippen LogP) is 2.09. The second-order valence-corrected chi connectivity index (χ2v) is 9.80. The van der Waals surface area contributed by atoms with Crippen LogP contribution in [0.3, 0.4) is 0 Å². The number of hydrogen-bond donors (Lipinski definition) is 1. The Balaban J connectivity index is 2.12. The highest BCUT2D eigenvalue weighted by atomic mass is 32.2. The molecule has 3 atom stereocenters. The monoisotopic (exact) mass is 397 g/mol. The van der Waals surface area contributed by atoms with Crippen LogP contribution in [0.4, 0.5) is 5.69 Å². The first kappa shape index (κ1) is 21.3. The van der Waals surface area contributed by atoms with Gasteiger partial charge in [-0.25, -0.2) is 8.42 Å². The first-order valence-electron chi connectivity index (χ1n) is 8.98. The highest BCUT2D eigenvalue weighted by molar-refractivity contribution is 7.90. The van der Waals surface area contributed by atoms with Crippen molar-refractivity contribution >= 4 is 21.4 Å². The number of non-ortho nitro benzene ring substituents is 1. The van der Waals surface area contributed by atoms with Gasteiger partial charge in [0.05, 0.1) is 9.82 Å². The minimum Gasteiger partial charge on any atom is -0.348 e. The van der Waals surface area contributed by atoms with Crippen molar-refractivity contribution in [2.75, 3.05) is 25.9 Å². The number of benzene rings is 1. The molecule has 1 N–H and O–H groups in total. The standard InChI is InChI=1S/C18H27N3O5S/c1-12-5-13(2)10-20(9-12)11-14(3)19-18(22)15-6-16(21(23)24)8-17(7-15)27(4,25)26/h6-8,12-14H,5,9-11H2,1-4H3,(H,19,22). The van der Waals surface area contributed by atoms with Crippen LogP contribution in [0.2, 0.25) is 0 Å². The number of carbonyl (C=O) groups is 1. The summed E-state index contributed by atoms with van der Waals surface area (Å²) in [6, 6.07) is 3.07. The van der Waals surface area contributed by atoms with Crippen molar-refractivity contribution in [3.63, 3.8) is 0 Å². The van der Waals surface area contributed by atoms with E-state index in [1.54, 1.807) is 0 Å². The lowest BCUT2D eigenvalue weighted by atomic mass is 9.92. The second-order valence-electron chi connectivity index (χ2n) is 7.78. The zero-order chi connectivity index (χ0) is 20.4. The number of hydrogen-bond acceptors (Lipinski definition) is 6. The number of sulfone groups is 1. The molecule has 1 aromatic carbocycles. The molecule has 1 aliphatic rings. The molecule has 3 unspecified atom stereocenters. The normalized spacial score (nSPS) is 22.2. The van der Waals surface area contributed by atoms with E-state index in [4.69, 9.17) is 0 Å². The van der Waals surface area contributed by atoms with E-state index in [-0.39, 0.29) is 16.5 Å². The molecule has 1 heterocycles. The van der Waals surface area contributed by atoms with E-state index in [0.29, 0.717) is 18.4 Å². The van der Waals surface area contributed by atoms with E-state index >= 15 is 0 Å². The molecule has 27 heavy (non-hydrogen) atoms. The third kappa shape index (κ3) is 6.00. The molecular weight excluding hydrogens is 370 g/mol. The lowest BCUT2D eigenvalue weighted by Gasteiger charge is -2.36. The van der Waals surface area contributed by atoms with Crippen LogP contribution in [0.25, 0.3) is 0 Å². The molecule has 1 aliphatic heterocycles. The highest BCUT2D eigenvalue weighted by Crippen LogP contribution is 2.22. The van der Waals surface area contributed by atoms with Gasteiger partial charge in [0.25, 0.3) is 11.6 Å². The summed E-state index contributed by atoms with van der Waals surface area (Å²) in [6.07, 6.45) is 2.15. The van der Waals surface area contributed by atoms with Crippen molar-refractivity contribution in [2.45, 2.75) is 38.1 Å². The maximum atomic E-state index is 12.5. The number of nitro benzene ring substituents is 1. The molecule has 9 heteroatoms. The first-order valence-corrected chi connectivity index (χ1v) is 10.9. The third-order valence-corrected chi connectivity index (χ3v) is 5.74. The summed E-state index contributed by atoms with van der Waals surface area (Å²) in [7, 11) is -3.67. The molecular formula is C18H27N3O5S. The molecule has 0 spiro atoms. The fraction of sp³-hybridized carbons (Fsp3) is 0.611. The topological polar surface area (TPSA) is 110 Å². The SMILES string of the molecule is CC1CC(C)CN(CC(C)NC(=O)c2cc([N+](=O)[O-])cc(S(C)(=O)=O)c2)C1. The van der Waals surface area contributed by atoms with Crippen LogP contribution in [0.15, 0.2) is 23.1 Å². The van der Waals surface area contributed by atoms with Gasteiger partial charge >= 0.3 is 0 Å². The second kappa shape index (κ2) is 8.35. The summed E-state index contributed by atoms with van der Waals surface area (Å²) in [4.78, 5) is 25.0. The Hall–Kier alpha value is -2.00. The molecule has 1 fully saturated rings. The summed E-state index contributed by atoms with van der Waals surface area (Å²) < 4.78 is 23.5. The summed E-state index contributed by atoms with van der Waals surface area (Å²) in [5.41, 5.74) is -0.453. The third-order valence-electron chi connectivity index (χ3n) is 4.65. The Kier molecular flexibility index (Phi) is 6.59. The molecule has 0 saturated carbocycles. The van der Waals surface area contributed by atoms with E-state index in [1.807, 2.05) is 6.92 Å². The molecule has 1 amide bonds. The molecule has 150 valence electrons. The Morgan fingerprint density at radius 3 is 2.41 bits per heavy atom. The van der Waals surface area contributed by atoms with Gasteiger partial charge in [0.1, 0.15) is 0 Å². The van der Waals surface area contributed by atoms with Crippen LogP contribution in [0.1, 0.15) is 37.6 Å². The quantitative estimate of drug-likeness (QED) is 0.581. The van der Waals surface area contributed by atoms with Crippen LogP contribution in [-0.4, -0.2) is 56.1 Å². The summed E-state index contributed by atoms with van der Waals surface area (Å²) in [5, 5.41) is 13.9. The maximum Gasteiger partial charge on any atom is 0.271 e. The average Bonchev–Trinajstić information content (AvgIpc) is 2.52. The summed E-state index contributed by atoms with van der Waals surface area (Å²) >= 11 is 0. The van der Waals surface area contributed by atoms with Gasteiger partial charge in [0.15, 0.2) is 9.84 Å². The van der Waals surface area contributed by atoms with E-state index < -0.39 is 26.4 Å². The number of nitrogens with one attached hydrogen (secondary N) is 1. The summed E-state index contributed by atoms with van der Waals surface area (Å²) in [5.74, 6) is 0.686. The smallest absolute Gasteiger partial charge is 0.271 e. The Morgan fingerprint density at radius 1 is 1.30 bits per heavy atom. The van der Waals surface area contributed by atoms with Gasteiger partial charge in [-0.15, -0.1) is 0 Å². The number of likely N-dealkylation sites (tertiary alicyclic amines) is 1. The van der Waals surface area contributed by atoms with Crippen molar-refractivity contribution < 1.29 is 18.1 Å². The Bertz CT molecular complexity index is 814. The number of carbonyl (C=O) groups excluding carboxylic acids is 1. The van der Waals surface area contributed by atoms with Gasteiger partial charge in [-0.2, -0.15) is 0 Å². The van der Waals surface area contributed by atoms with Crippen molar-refractivity contribution in [1.82, 2.24) is 10.2 Å². The van der Waals surface area contributed by atoms with Gasteiger partial charge in [0, 0.05) is 49.6 Å². The summed E-state index contributed by atoms with van der Waals surface area (Å²) in [6.45, 7) is 8.91. The van der Waals surface area contributed by atoms with Crippen molar-refractivity contribution in [3.05, 3.63) is 33.9 Å². The number of rotatable bonds is 6. The Morgan fingerprint density at radius 2 is 1.89 bits per heavy atom. The van der Waals surface area contributed by atoms with Crippen LogP contribution >= 0.6 is 0 Å². The van der Waals surface area contributed by atoms with Crippen LogP contribution in [0.5, 0.6) is 0 Å². The van der Waals surface area contributed by atoms with Gasteiger partial charge in [-0.05, 0) is 31.2 Å². The fourth-order valence-corrected chi connectivity index (χ4v) is 4.39. The molecule has 8 nitrogen and oxygen atoms in total. The number of nitro groups is 1. The minimum atomic E-state index is -3.67. The highest BCUT2D eigenvalue weighted by Gasteiger charge is 2.24. The molecule has 0 radical (unpaired) electrons. The van der Waals surface area contributed by atoms with E-state index in [1.165, 1.54) is 12.5 Å². The van der Waals surface area contributed by atoms with Gasteiger partial charge in [0.2, 0.25) is 0 Å². The largest absolute Gasteiger partial charge is 0.348 e. The number of amides is 1. The molecule has 0 aliphatic carbocycles. The lowest BCUT2D eigenvalue weighted by molar-refractivity contribution is -0.385. The van der Waals surface area contributed by atoms with Crippen LogP contribution in [-0.2, 0) is 9.84 Å². The molecule has 1 aromatic rings. The number of piperidine rings is 1. The molecule has 0 aromatic heterocycles. The van der Waals surface area contributed by atoms with Crippen molar-refractivity contribution in [3.8, 4) is 0 Å². The number of nitrogens with zero attached hydrogens (tertiary/aromatic N) is 2. The lowest BCUT2D eigenvalue weighted by Crippen LogP contribution is -2.47. The van der Waals surface area contributed by atoms with Crippen LogP contribution in [0, 0.1) is 22.0 Å². The first-order chi connectivity index (χ1) is 12.5. The zero-order valence-corrected chi connectivity index (χ0v) is 17.0. The Labute approximate surface area is 160 Å². The molecule has 0 bridgehead atoms. The molecule has 1 saturated heterocycles. The van der Waals surface area contributed by atoms with Gasteiger partial charge in [-0.3, -0.25) is 14.9 Å². The van der Waals surface area contributed by atoms with Crippen LogP contribution < -0.4 is 5.32 Å². The average molecular weight is 397 g/mol. The van der Waals surface area contributed by atoms with E-state index in [9.17, 15) is 23.3 Å².